The van der Waals surface area contributed by atoms with Crippen LogP contribution in [0.25, 0.3) is 0 Å². The molecule has 3 aliphatic rings. The van der Waals surface area contributed by atoms with Crippen LogP contribution >= 0.6 is 0 Å². The van der Waals surface area contributed by atoms with Gasteiger partial charge in [-0.1, -0.05) is 12.8 Å². The lowest BCUT2D eigenvalue weighted by atomic mass is 9.70. The van der Waals surface area contributed by atoms with Crippen LogP contribution in [0, 0.1) is 17.8 Å². The molecule has 4 rings (SSSR count). The Hall–Kier alpha value is -0.840. The maximum Gasteiger partial charge on any atom is 0.0937 e. The molecule has 6 atom stereocenters. The van der Waals surface area contributed by atoms with Crippen molar-refractivity contribution in [2.45, 2.75) is 50.2 Å². The molecule has 1 aromatic rings. The van der Waals surface area contributed by atoms with Crippen LogP contribution in [0.3, 0.4) is 0 Å². The maximum atomic E-state index is 6.42. The summed E-state index contributed by atoms with van der Waals surface area (Å²) in [6.45, 7) is 2.19. The molecule has 2 aliphatic heterocycles. The number of rotatable bonds is 2. The fourth-order valence-corrected chi connectivity index (χ4v) is 4.97. The summed E-state index contributed by atoms with van der Waals surface area (Å²) in [6, 6.07) is 2.55. The number of fused-ring (bicyclic) bond motifs is 1. The van der Waals surface area contributed by atoms with Crippen LogP contribution in [0.15, 0.2) is 23.0 Å². The summed E-state index contributed by atoms with van der Waals surface area (Å²) in [6.07, 6.45) is 10.7. The lowest BCUT2D eigenvalue weighted by Gasteiger charge is -2.42. The van der Waals surface area contributed by atoms with Gasteiger partial charge in [-0.3, -0.25) is 0 Å². The molecule has 21 heavy (non-hydrogen) atoms. The molecule has 4 N–H and O–H groups in total. The van der Waals surface area contributed by atoms with Crippen molar-refractivity contribution in [2.24, 2.45) is 23.5 Å². The van der Waals surface area contributed by atoms with Crippen LogP contribution in [-0.2, 0) is 0 Å². The molecular weight excluding hydrogens is 262 g/mol. The molecule has 0 spiro atoms. The molecule has 0 radical (unpaired) electrons. The van der Waals surface area contributed by atoms with Crippen LogP contribution in [0.5, 0.6) is 0 Å². The summed E-state index contributed by atoms with van der Waals surface area (Å²) in [5, 5.41) is 7.39. The van der Waals surface area contributed by atoms with Gasteiger partial charge in [0.05, 0.1) is 18.7 Å². The summed E-state index contributed by atoms with van der Waals surface area (Å²) in [4.78, 5) is 0. The molecule has 0 amide bonds. The highest BCUT2D eigenvalue weighted by molar-refractivity contribution is 5.18. The Labute approximate surface area is 126 Å². The third-order valence-corrected chi connectivity index (χ3v) is 6.13. The maximum absolute atomic E-state index is 6.42. The highest BCUT2D eigenvalue weighted by Crippen LogP contribution is 2.42. The third-order valence-electron chi connectivity index (χ3n) is 6.13. The number of nitrogens with one attached hydrogen (secondary N) is 2. The van der Waals surface area contributed by atoms with Crippen molar-refractivity contribution in [3.05, 3.63) is 24.2 Å². The van der Waals surface area contributed by atoms with E-state index in [1.54, 1.807) is 6.26 Å². The van der Waals surface area contributed by atoms with E-state index in [1.165, 1.54) is 37.7 Å². The van der Waals surface area contributed by atoms with Gasteiger partial charge in [0, 0.05) is 18.5 Å². The smallest absolute Gasteiger partial charge is 0.0937 e. The van der Waals surface area contributed by atoms with Gasteiger partial charge >= 0.3 is 0 Å². The summed E-state index contributed by atoms with van der Waals surface area (Å²) < 4.78 is 5.30. The second kappa shape index (κ2) is 5.75. The second-order valence-corrected chi connectivity index (χ2v) is 7.23. The Kier molecular flexibility index (Phi) is 3.78. The Morgan fingerprint density at radius 2 is 1.95 bits per heavy atom. The average molecular weight is 289 g/mol. The monoisotopic (exact) mass is 289 g/mol. The Bertz CT molecular complexity index is 461. The topological polar surface area (TPSA) is 63.2 Å². The van der Waals surface area contributed by atoms with Gasteiger partial charge in [0.1, 0.15) is 0 Å². The van der Waals surface area contributed by atoms with Gasteiger partial charge in [-0.25, -0.2) is 0 Å². The quantitative estimate of drug-likeness (QED) is 0.779. The van der Waals surface area contributed by atoms with E-state index in [0.717, 1.165) is 24.9 Å². The van der Waals surface area contributed by atoms with Crippen molar-refractivity contribution < 1.29 is 4.42 Å². The SMILES string of the molecule is NC1CCCCC1C1CNC2NCC(c3ccoc3)C2C1. The van der Waals surface area contributed by atoms with Crippen molar-refractivity contribution in [1.82, 2.24) is 10.6 Å². The first-order chi connectivity index (χ1) is 10.3. The lowest BCUT2D eigenvalue weighted by molar-refractivity contribution is 0.128. The van der Waals surface area contributed by atoms with Gasteiger partial charge in [-0.05, 0) is 55.2 Å². The predicted octanol–water partition coefficient (Wildman–Crippen LogP) is 2.04. The van der Waals surface area contributed by atoms with Gasteiger partial charge in [-0.15, -0.1) is 0 Å². The van der Waals surface area contributed by atoms with E-state index in [0.29, 0.717) is 24.0 Å². The minimum atomic E-state index is 0.420. The van der Waals surface area contributed by atoms with Gasteiger partial charge in [0.2, 0.25) is 0 Å². The summed E-state index contributed by atoms with van der Waals surface area (Å²) >= 11 is 0. The Balaban J connectivity index is 1.48. The molecule has 4 heteroatoms. The largest absolute Gasteiger partial charge is 0.472 e. The predicted molar refractivity (Wildman–Crippen MR) is 82.8 cm³/mol. The summed E-state index contributed by atoms with van der Waals surface area (Å²) in [5.41, 5.74) is 7.77. The Morgan fingerprint density at radius 3 is 2.76 bits per heavy atom. The van der Waals surface area contributed by atoms with Gasteiger partial charge in [-0.2, -0.15) is 0 Å². The van der Waals surface area contributed by atoms with Crippen LogP contribution in [0.1, 0.15) is 43.6 Å². The van der Waals surface area contributed by atoms with E-state index < -0.39 is 0 Å². The average Bonchev–Trinajstić information content (AvgIpc) is 3.16. The highest BCUT2D eigenvalue weighted by Gasteiger charge is 2.43. The lowest BCUT2D eigenvalue weighted by Crippen LogP contribution is -2.52. The van der Waals surface area contributed by atoms with Gasteiger partial charge < -0.3 is 20.8 Å². The van der Waals surface area contributed by atoms with Gasteiger partial charge in [0.25, 0.3) is 0 Å². The summed E-state index contributed by atoms with van der Waals surface area (Å²) in [5.74, 6) is 2.73. The minimum Gasteiger partial charge on any atom is -0.472 e. The van der Waals surface area contributed by atoms with E-state index in [9.17, 15) is 0 Å². The standard InChI is InChI=1S/C17H27N3O/c18-16-4-2-1-3-13(16)12-7-14-15(11-5-6-21-10-11)9-20-17(14)19-8-12/h5-6,10,12-17,19-20H,1-4,7-9,18H2. The first-order valence-corrected chi connectivity index (χ1v) is 8.57. The number of hydrogen-bond acceptors (Lipinski definition) is 4. The molecule has 116 valence electrons. The van der Waals surface area contributed by atoms with E-state index >= 15 is 0 Å². The highest BCUT2D eigenvalue weighted by atomic mass is 16.3. The molecular formula is C17H27N3O. The van der Waals surface area contributed by atoms with Crippen molar-refractivity contribution >= 4 is 0 Å². The van der Waals surface area contributed by atoms with E-state index in [-0.39, 0.29) is 0 Å². The van der Waals surface area contributed by atoms with Crippen LogP contribution < -0.4 is 16.4 Å². The molecule has 3 heterocycles. The normalized spacial score (nSPS) is 43.7. The first-order valence-electron chi connectivity index (χ1n) is 8.57. The zero-order valence-corrected chi connectivity index (χ0v) is 12.6. The second-order valence-electron chi connectivity index (χ2n) is 7.23. The Morgan fingerprint density at radius 1 is 1.10 bits per heavy atom. The molecule has 0 aromatic carbocycles. The van der Waals surface area contributed by atoms with E-state index in [4.69, 9.17) is 10.2 Å². The fraction of sp³-hybridized carbons (Fsp3) is 0.765. The van der Waals surface area contributed by atoms with Crippen LogP contribution in [-0.4, -0.2) is 25.3 Å². The van der Waals surface area contributed by atoms with Crippen molar-refractivity contribution in [1.29, 1.82) is 0 Å². The van der Waals surface area contributed by atoms with Crippen LogP contribution in [0.2, 0.25) is 0 Å². The number of furan rings is 1. The van der Waals surface area contributed by atoms with Gasteiger partial charge in [0.15, 0.2) is 0 Å². The molecule has 1 saturated carbocycles. The number of nitrogens with two attached hydrogens (primary N) is 1. The number of piperidine rings is 1. The molecule has 1 aromatic heterocycles. The molecule has 6 unspecified atom stereocenters. The molecule has 3 fully saturated rings. The first kappa shape index (κ1) is 13.8. The molecule has 1 aliphatic carbocycles. The zero-order chi connectivity index (χ0) is 14.2. The van der Waals surface area contributed by atoms with E-state index in [1.807, 2.05) is 6.26 Å². The third kappa shape index (κ3) is 2.54. The van der Waals surface area contributed by atoms with E-state index in [2.05, 4.69) is 16.7 Å². The van der Waals surface area contributed by atoms with Crippen LogP contribution in [0.4, 0.5) is 0 Å². The van der Waals surface area contributed by atoms with Crippen molar-refractivity contribution in [3.63, 3.8) is 0 Å². The summed E-state index contributed by atoms with van der Waals surface area (Å²) in [7, 11) is 0. The molecule has 0 bridgehead atoms. The fourth-order valence-electron chi connectivity index (χ4n) is 4.97. The number of hydrogen-bond donors (Lipinski definition) is 3. The zero-order valence-electron chi connectivity index (χ0n) is 12.6. The van der Waals surface area contributed by atoms with Crippen molar-refractivity contribution in [2.75, 3.05) is 13.1 Å². The molecule has 2 saturated heterocycles. The van der Waals surface area contributed by atoms with Crippen molar-refractivity contribution in [3.8, 4) is 0 Å². The molecule has 4 nitrogen and oxygen atoms in total. The minimum absolute atomic E-state index is 0.420.